The number of nitrogens with zero attached hydrogens (tertiary/aromatic N) is 3. The normalized spacial score (nSPS) is 19.4. The average molecular weight is 513 g/mol. The summed E-state index contributed by atoms with van der Waals surface area (Å²) < 4.78 is 20.7. The summed E-state index contributed by atoms with van der Waals surface area (Å²) in [6.07, 6.45) is 6.88. The van der Waals surface area contributed by atoms with E-state index < -0.39 is 34.4 Å². The maximum atomic E-state index is 13.8. The Bertz CT molecular complexity index is 1300. The summed E-state index contributed by atoms with van der Waals surface area (Å²) in [7, 11) is 0. The molecule has 1 fully saturated rings. The van der Waals surface area contributed by atoms with Crippen LogP contribution in [0.15, 0.2) is 29.2 Å². The van der Waals surface area contributed by atoms with Gasteiger partial charge in [-0.2, -0.15) is 0 Å². The fourth-order valence-corrected chi connectivity index (χ4v) is 4.72. The number of halogens is 1. The van der Waals surface area contributed by atoms with E-state index in [0.29, 0.717) is 24.3 Å². The largest absolute Gasteiger partial charge is 0.502 e. The van der Waals surface area contributed by atoms with Gasteiger partial charge < -0.3 is 20.1 Å². The fraction of sp³-hybridized carbons (Fsp3) is 0.462. The lowest BCUT2D eigenvalue weighted by atomic mass is 10.1. The van der Waals surface area contributed by atoms with Crippen molar-refractivity contribution in [3.8, 4) is 11.5 Å². The topological polar surface area (TPSA) is 121 Å². The van der Waals surface area contributed by atoms with Gasteiger partial charge in [0, 0.05) is 36.8 Å². The Balaban J connectivity index is 1.53. The van der Waals surface area contributed by atoms with Crippen LogP contribution in [0.3, 0.4) is 0 Å². The molecule has 0 atom stereocenters. The van der Waals surface area contributed by atoms with Crippen molar-refractivity contribution < 1.29 is 28.6 Å². The maximum Gasteiger partial charge on any atom is 0.278 e. The molecule has 2 aliphatic heterocycles. The molecule has 3 aliphatic rings. The lowest BCUT2D eigenvalue weighted by Crippen LogP contribution is -2.57. The Labute approximate surface area is 212 Å². The van der Waals surface area contributed by atoms with E-state index in [-0.39, 0.29) is 37.3 Å². The SMILES string of the molecule is O=C1NCc2ccc(F)cc2OCCCCCCCC(=O)N2CN(C3CC3)C(=O)c3c(O)c(=O)c1cn32. The lowest BCUT2D eigenvalue weighted by Gasteiger charge is -2.38. The second-order valence-electron chi connectivity index (χ2n) is 9.66. The highest BCUT2D eigenvalue weighted by molar-refractivity contribution is 6.01. The zero-order valence-electron chi connectivity index (χ0n) is 20.4. The molecule has 10 nitrogen and oxygen atoms in total. The fourth-order valence-electron chi connectivity index (χ4n) is 4.72. The molecular formula is C26H29FN4O6. The van der Waals surface area contributed by atoms with Crippen molar-refractivity contribution >= 4 is 17.7 Å². The van der Waals surface area contributed by atoms with E-state index in [1.54, 1.807) is 0 Å². The minimum Gasteiger partial charge on any atom is -0.502 e. The van der Waals surface area contributed by atoms with Gasteiger partial charge in [-0.15, -0.1) is 0 Å². The molecule has 5 rings (SSSR count). The molecule has 2 aromatic rings. The third-order valence-electron chi connectivity index (χ3n) is 6.96. The highest BCUT2D eigenvalue weighted by Crippen LogP contribution is 2.32. The molecular weight excluding hydrogens is 483 g/mol. The number of pyridine rings is 1. The van der Waals surface area contributed by atoms with E-state index in [1.165, 1.54) is 28.1 Å². The highest BCUT2D eigenvalue weighted by atomic mass is 19.1. The highest BCUT2D eigenvalue weighted by Gasteiger charge is 2.42. The van der Waals surface area contributed by atoms with Crippen LogP contribution in [0, 0.1) is 5.82 Å². The number of carbonyl (C=O) groups excluding carboxylic acids is 3. The van der Waals surface area contributed by atoms with Gasteiger partial charge in [0.15, 0.2) is 11.4 Å². The monoisotopic (exact) mass is 512 g/mol. The molecule has 0 unspecified atom stereocenters. The molecule has 0 saturated heterocycles. The second kappa shape index (κ2) is 10.2. The Morgan fingerprint density at radius 3 is 2.57 bits per heavy atom. The first-order valence-corrected chi connectivity index (χ1v) is 12.6. The van der Waals surface area contributed by atoms with Crippen molar-refractivity contribution in [1.29, 1.82) is 0 Å². The van der Waals surface area contributed by atoms with Crippen LogP contribution in [0.25, 0.3) is 0 Å². The van der Waals surface area contributed by atoms with Crippen LogP contribution in [-0.4, -0.2) is 51.7 Å². The standard InChI is InChI=1S/C26H29FN4O6/c27-17-8-7-16-13-28-25(35)19-14-30-22(24(34)23(19)33)26(36)29(18-9-10-18)15-31(30)21(32)6-4-2-1-3-5-11-37-20(16)12-17/h7-8,12,14,18,34H,1-6,9-11,13,15H2,(H,28,35). The number of hydrogen-bond acceptors (Lipinski definition) is 6. The van der Waals surface area contributed by atoms with E-state index in [4.69, 9.17) is 4.74 Å². The molecule has 2 bridgehead atoms. The number of carbonyl (C=O) groups is 3. The summed E-state index contributed by atoms with van der Waals surface area (Å²) in [5, 5.41) is 14.7. The summed E-state index contributed by atoms with van der Waals surface area (Å²) in [4.78, 5) is 53.9. The van der Waals surface area contributed by atoms with Crippen molar-refractivity contribution in [2.45, 2.75) is 64.0 Å². The van der Waals surface area contributed by atoms with Crippen LogP contribution in [0.1, 0.15) is 77.8 Å². The first-order valence-electron chi connectivity index (χ1n) is 12.6. The van der Waals surface area contributed by atoms with Gasteiger partial charge >= 0.3 is 0 Å². The Morgan fingerprint density at radius 2 is 1.78 bits per heavy atom. The van der Waals surface area contributed by atoms with Crippen molar-refractivity contribution in [2.24, 2.45) is 0 Å². The number of amides is 3. The number of aromatic nitrogens is 1. The number of rotatable bonds is 1. The van der Waals surface area contributed by atoms with Crippen molar-refractivity contribution in [1.82, 2.24) is 14.9 Å². The molecule has 37 heavy (non-hydrogen) atoms. The number of ether oxygens (including phenoxy) is 1. The molecule has 196 valence electrons. The molecule has 0 radical (unpaired) electrons. The molecule has 0 spiro atoms. The first-order chi connectivity index (χ1) is 17.8. The molecule has 3 heterocycles. The van der Waals surface area contributed by atoms with Gasteiger partial charge in [0.2, 0.25) is 11.3 Å². The maximum absolute atomic E-state index is 13.8. The predicted molar refractivity (Wildman–Crippen MR) is 130 cm³/mol. The molecule has 11 heteroatoms. The second-order valence-corrected chi connectivity index (χ2v) is 9.66. The van der Waals surface area contributed by atoms with Crippen LogP contribution >= 0.6 is 0 Å². The smallest absolute Gasteiger partial charge is 0.278 e. The summed E-state index contributed by atoms with van der Waals surface area (Å²) in [5.74, 6) is -2.68. The number of hydrogen-bond donors (Lipinski definition) is 2. The third kappa shape index (κ3) is 5.03. The third-order valence-corrected chi connectivity index (χ3v) is 6.96. The van der Waals surface area contributed by atoms with Gasteiger partial charge in [0.1, 0.15) is 23.8 Å². The number of fused-ring (bicyclic) bond motifs is 2. The molecule has 2 N–H and O–H groups in total. The van der Waals surface area contributed by atoms with Crippen LogP contribution in [0.4, 0.5) is 4.39 Å². The summed E-state index contributed by atoms with van der Waals surface area (Å²) in [6, 6.07) is 3.94. The summed E-state index contributed by atoms with van der Waals surface area (Å²) >= 11 is 0. The Hall–Kier alpha value is -3.89. The van der Waals surface area contributed by atoms with E-state index >= 15 is 0 Å². The Morgan fingerprint density at radius 1 is 1.03 bits per heavy atom. The van der Waals surface area contributed by atoms with E-state index in [0.717, 1.165) is 49.4 Å². The van der Waals surface area contributed by atoms with E-state index in [2.05, 4.69) is 5.32 Å². The van der Waals surface area contributed by atoms with Gasteiger partial charge in [0.25, 0.3) is 11.8 Å². The van der Waals surface area contributed by atoms with Gasteiger partial charge in [-0.05, 0) is 31.7 Å². The lowest BCUT2D eigenvalue weighted by molar-refractivity contribution is -0.121. The number of benzene rings is 1. The Kier molecular flexibility index (Phi) is 6.86. The average Bonchev–Trinajstić information content (AvgIpc) is 3.71. The molecule has 1 aromatic carbocycles. The van der Waals surface area contributed by atoms with Crippen LogP contribution < -0.4 is 20.5 Å². The van der Waals surface area contributed by atoms with Gasteiger partial charge in [-0.3, -0.25) is 19.2 Å². The minimum absolute atomic E-state index is 0.0189. The molecule has 1 aliphatic carbocycles. The quantitative estimate of drug-likeness (QED) is 0.605. The number of aromatic hydroxyl groups is 1. The molecule has 3 amide bonds. The van der Waals surface area contributed by atoms with E-state index in [9.17, 15) is 28.7 Å². The van der Waals surface area contributed by atoms with Crippen LogP contribution in [0.5, 0.6) is 11.5 Å². The van der Waals surface area contributed by atoms with Gasteiger partial charge in [0.05, 0.1) is 6.61 Å². The van der Waals surface area contributed by atoms with Gasteiger partial charge in [-0.25, -0.2) is 14.1 Å². The molecule has 1 saturated carbocycles. The van der Waals surface area contributed by atoms with Crippen molar-refractivity contribution in [3.05, 3.63) is 57.3 Å². The minimum atomic E-state index is -1.01. The first kappa shape index (κ1) is 24.8. The van der Waals surface area contributed by atoms with Crippen molar-refractivity contribution in [3.63, 3.8) is 0 Å². The molecule has 1 aromatic heterocycles. The van der Waals surface area contributed by atoms with Gasteiger partial charge in [-0.1, -0.05) is 25.3 Å². The van der Waals surface area contributed by atoms with E-state index in [1.807, 2.05) is 0 Å². The summed E-state index contributed by atoms with van der Waals surface area (Å²) in [6.45, 7) is 0.296. The summed E-state index contributed by atoms with van der Waals surface area (Å²) in [5.41, 5.74) is -1.23. The van der Waals surface area contributed by atoms with Crippen LogP contribution in [0.2, 0.25) is 0 Å². The van der Waals surface area contributed by atoms with Crippen LogP contribution in [-0.2, 0) is 11.3 Å². The predicted octanol–water partition coefficient (Wildman–Crippen LogP) is 2.40. The zero-order valence-corrected chi connectivity index (χ0v) is 20.4. The number of nitrogens with one attached hydrogen (secondary N) is 1. The zero-order chi connectivity index (χ0) is 26.1. The van der Waals surface area contributed by atoms with Crippen molar-refractivity contribution in [2.75, 3.05) is 18.3 Å².